The van der Waals surface area contributed by atoms with Gasteiger partial charge in [0.05, 0.1) is 11.6 Å². The lowest BCUT2D eigenvalue weighted by Gasteiger charge is -2.08. The Morgan fingerprint density at radius 2 is 1.96 bits per heavy atom. The summed E-state index contributed by atoms with van der Waals surface area (Å²) in [5.74, 6) is -0.342. The van der Waals surface area contributed by atoms with E-state index in [1.54, 1.807) is 36.4 Å². The Kier molecular flexibility index (Phi) is 6.13. The van der Waals surface area contributed by atoms with E-state index in [-0.39, 0.29) is 11.7 Å². The monoisotopic (exact) mass is 311 g/mol. The molecule has 2 aromatic carbocycles. The molecule has 23 heavy (non-hydrogen) atoms. The molecule has 1 amide bonds. The predicted octanol–water partition coefficient (Wildman–Crippen LogP) is 2.86. The fraction of sp³-hybridized carbons (Fsp3) is 0.222. The number of anilines is 1. The fourth-order valence-electron chi connectivity index (χ4n) is 2.15. The molecule has 0 unspecified atom stereocenters. The molecular formula is C18H18FN3O. The molecule has 0 fully saturated rings. The van der Waals surface area contributed by atoms with Crippen molar-refractivity contribution >= 4 is 11.6 Å². The van der Waals surface area contributed by atoms with Crippen molar-refractivity contribution in [3.05, 3.63) is 65.5 Å². The maximum Gasteiger partial charge on any atom is 0.221 e. The topological polar surface area (TPSA) is 64.9 Å². The SMILES string of the molecule is N#Cc1cccc(NCCC(=O)NCCc2ccccc2F)c1. The average molecular weight is 311 g/mol. The third kappa shape index (κ3) is 5.44. The summed E-state index contributed by atoms with van der Waals surface area (Å²) in [6, 6.07) is 15.7. The summed E-state index contributed by atoms with van der Waals surface area (Å²) < 4.78 is 13.4. The van der Waals surface area contributed by atoms with Gasteiger partial charge < -0.3 is 10.6 Å². The van der Waals surface area contributed by atoms with Crippen LogP contribution in [-0.4, -0.2) is 19.0 Å². The van der Waals surface area contributed by atoms with Crippen LogP contribution < -0.4 is 10.6 Å². The summed E-state index contributed by atoms with van der Waals surface area (Å²) in [4.78, 5) is 11.7. The molecule has 0 saturated heterocycles. The molecule has 2 rings (SSSR count). The summed E-state index contributed by atoms with van der Waals surface area (Å²) in [6.45, 7) is 0.879. The van der Waals surface area contributed by atoms with E-state index in [0.717, 1.165) is 5.69 Å². The van der Waals surface area contributed by atoms with Gasteiger partial charge in [0.2, 0.25) is 5.91 Å². The second-order valence-electron chi connectivity index (χ2n) is 5.06. The average Bonchev–Trinajstić information content (AvgIpc) is 2.57. The third-order valence-corrected chi connectivity index (χ3v) is 3.35. The highest BCUT2D eigenvalue weighted by Crippen LogP contribution is 2.09. The van der Waals surface area contributed by atoms with Crippen LogP contribution in [-0.2, 0) is 11.2 Å². The minimum absolute atomic E-state index is 0.0923. The molecule has 0 radical (unpaired) electrons. The minimum Gasteiger partial charge on any atom is -0.384 e. The van der Waals surface area contributed by atoms with Gasteiger partial charge >= 0.3 is 0 Å². The van der Waals surface area contributed by atoms with E-state index in [0.29, 0.717) is 37.1 Å². The molecule has 0 heterocycles. The zero-order valence-corrected chi connectivity index (χ0v) is 12.7. The van der Waals surface area contributed by atoms with Gasteiger partial charge in [-0.3, -0.25) is 4.79 Å². The summed E-state index contributed by atoms with van der Waals surface area (Å²) in [6.07, 6.45) is 0.782. The number of benzene rings is 2. The van der Waals surface area contributed by atoms with Gasteiger partial charge in [-0.05, 0) is 36.2 Å². The number of nitrogens with one attached hydrogen (secondary N) is 2. The lowest BCUT2D eigenvalue weighted by molar-refractivity contribution is -0.120. The van der Waals surface area contributed by atoms with E-state index in [2.05, 4.69) is 16.7 Å². The molecule has 0 bridgehead atoms. The van der Waals surface area contributed by atoms with Crippen LogP contribution in [0.15, 0.2) is 48.5 Å². The van der Waals surface area contributed by atoms with Gasteiger partial charge in [0.1, 0.15) is 5.82 Å². The maximum absolute atomic E-state index is 13.4. The Morgan fingerprint density at radius 1 is 1.13 bits per heavy atom. The van der Waals surface area contributed by atoms with Crippen LogP contribution in [0.4, 0.5) is 10.1 Å². The number of carbonyl (C=O) groups excluding carboxylic acids is 1. The van der Waals surface area contributed by atoms with E-state index in [1.807, 2.05) is 6.07 Å². The summed E-state index contributed by atoms with van der Waals surface area (Å²) in [7, 11) is 0. The molecule has 0 aliphatic heterocycles. The lowest BCUT2D eigenvalue weighted by atomic mass is 10.1. The van der Waals surface area contributed by atoms with Crippen molar-refractivity contribution in [2.45, 2.75) is 12.8 Å². The van der Waals surface area contributed by atoms with E-state index in [1.165, 1.54) is 6.07 Å². The van der Waals surface area contributed by atoms with Crippen molar-refractivity contribution in [3.8, 4) is 6.07 Å². The molecule has 2 aromatic rings. The van der Waals surface area contributed by atoms with Crippen LogP contribution in [0.3, 0.4) is 0 Å². The van der Waals surface area contributed by atoms with Gasteiger partial charge in [0.15, 0.2) is 0 Å². The van der Waals surface area contributed by atoms with Crippen molar-refractivity contribution in [3.63, 3.8) is 0 Å². The number of hydrogen-bond donors (Lipinski definition) is 2. The summed E-state index contributed by atoms with van der Waals surface area (Å²) >= 11 is 0. The molecule has 0 spiro atoms. The summed E-state index contributed by atoms with van der Waals surface area (Å²) in [5, 5.41) is 14.7. The molecule has 0 aromatic heterocycles. The van der Waals surface area contributed by atoms with Gasteiger partial charge in [0, 0.05) is 25.2 Å². The highest BCUT2D eigenvalue weighted by molar-refractivity contribution is 5.76. The Morgan fingerprint density at radius 3 is 2.74 bits per heavy atom. The Labute approximate surface area is 134 Å². The zero-order chi connectivity index (χ0) is 16.5. The Bertz CT molecular complexity index is 709. The summed E-state index contributed by atoms with van der Waals surface area (Å²) in [5.41, 5.74) is 1.98. The first-order chi connectivity index (χ1) is 11.2. The quantitative estimate of drug-likeness (QED) is 0.826. The molecule has 0 aliphatic rings. The van der Waals surface area contributed by atoms with Crippen LogP contribution in [0, 0.1) is 17.1 Å². The highest BCUT2D eigenvalue weighted by atomic mass is 19.1. The first-order valence-electron chi connectivity index (χ1n) is 7.43. The predicted molar refractivity (Wildman–Crippen MR) is 87.4 cm³/mol. The highest BCUT2D eigenvalue weighted by Gasteiger charge is 2.03. The molecule has 0 aliphatic carbocycles. The second-order valence-corrected chi connectivity index (χ2v) is 5.06. The maximum atomic E-state index is 13.4. The lowest BCUT2D eigenvalue weighted by Crippen LogP contribution is -2.27. The third-order valence-electron chi connectivity index (χ3n) is 3.35. The number of nitrogens with zero attached hydrogens (tertiary/aromatic N) is 1. The van der Waals surface area contributed by atoms with Crippen LogP contribution in [0.5, 0.6) is 0 Å². The number of halogens is 1. The van der Waals surface area contributed by atoms with Crippen molar-refractivity contribution in [2.24, 2.45) is 0 Å². The first kappa shape index (κ1) is 16.5. The van der Waals surface area contributed by atoms with E-state index in [4.69, 9.17) is 5.26 Å². The van der Waals surface area contributed by atoms with E-state index < -0.39 is 0 Å². The second kappa shape index (κ2) is 8.54. The van der Waals surface area contributed by atoms with Crippen molar-refractivity contribution in [2.75, 3.05) is 18.4 Å². The molecule has 0 atom stereocenters. The molecule has 4 nitrogen and oxygen atoms in total. The van der Waals surface area contributed by atoms with Gasteiger partial charge in [0.25, 0.3) is 0 Å². The smallest absolute Gasteiger partial charge is 0.221 e. The van der Waals surface area contributed by atoms with Gasteiger partial charge in [-0.15, -0.1) is 0 Å². The Hall–Kier alpha value is -2.87. The molecule has 2 N–H and O–H groups in total. The Balaban J connectivity index is 1.67. The van der Waals surface area contributed by atoms with Gasteiger partial charge in [-0.1, -0.05) is 24.3 Å². The van der Waals surface area contributed by atoms with E-state index >= 15 is 0 Å². The van der Waals surface area contributed by atoms with Gasteiger partial charge in [-0.2, -0.15) is 5.26 Å². The molecule has 5 heteroatoms. The minimum atomic E-state index is -0.249. The number of carbonyl (C=O) groups is 1. The number of rotatable bonds is 7. The normalized spacial score (nSPS) is 9.91. The van der Waals surface area contributed by atoms with Crippen LogP contribution in [0.25, 0.3) is 0 Å². The van der Waals surface area contributed by atoms with Crippen LogP contribution in [0.2, 0.25) is 0 Å². The molecular weight excluding hydrogens is 293 g/mol. The van der Waals surface area contributed by atoms with Crippen molar-refractivity contribution in [1.29, 1.82) is 5.26 Å². The molecule has 0 saturated carbocycles. The first-order valence-corrected chi connectivity index (χ1v) is 7.43. The van der Waals surface area contributed by atoms with Crippen LogP contribution >= 0.6 is 0 Å². The van der Waals surface area contributed by atoms with E-state index in [9.17, 15) is 9.18 Å². The van der Waals surface area contributed by atoms with Crippen molar-refractivity contribution in [1.82, 2.24) is 5.32 Å². The largest absolute Gasteiger partial charge is 0.384 e. The fourth-order valence-corrected chi connectivity index (χ4v) is 2.15. The van der Waals surface area contributed by atoms with Crippen LogP contribution in [0.1, 0.15) is 17.5 Å². The van der Waals surface area contributed by atoms with Crippen molar-refractivity contribution < 1.29 is 9.18 Å². The molecule has 118 valence electrons. The zero-order valence-electron chi connectivity index (χ0n) is 12.7. The standard InChI is InChI=1S/C18H18FN3O/c19-17-7-2-1-5-15(17)8-10-22-18(23)9-11-21-16-6-3-4-14(12-16)13-20/h1-7,12,21H,8-11H2,(H,22,23). The number of amides is 1. The van der Waals surface area contributed by atoms with Gasteiger partial charge in [-0.25, -0.2) is 4.39 Å². The number of nitriles is 1. The number of hydrogen-bond acceptors (Lipinski definition) is 3.